The molecule has 2 bridgehead atoms. The molecule has 6 nitrogen and oxygen atoms in total. The van der Waals surface area contributed by atoms with E-state index >= 15 is 0 Å². The number of piperazine rings is 1. The number of hydrogen-bond donors (Lipinski definition) is 0. The van der Waals surface area contributed by atoms with Gasteiger partial charge in [-0.05, 0) is 78.9 Å². The Hall–Kier alpha value is -1.73. The SMILES string of the molecule is CC(C)(C)OC(=O)N1C[C@H]2CC[C@@H](C1)N2c1ccc(B2OC(C)(C)C(C)(C)O2)cc1. The third-order valence-corrected chi connectivity index (χ3v) is 6.85. The molecule has 3 heterocycles. The summed E-state index contributed by atoms with van der Waals surface area (Å²) in [4.78, 5) is 16.9. The van der Waals surface area contributed by atoms with Crippen molar-refractivity contribution in [3.8, 4) is 0 Å². The van der Waals surface area contributed by atoms with Crippen molar-refractivity contribution in [3.63, 3.8) is 0 Å². The molecule has 0 aromatic heterocycles. The van der Waals surface area contributed by atoms with Crippen molar-refractivity contribution in [2.75, 3.05) is 18.0 Å². The first-order valence-corrected chi connectivity index (χ1v) is 11.1. The first-order chi connectivity index (χ1) is 13.9. The molecule has 30 heavy (non-hydrogen) atoms. The van der Waals surface area contributed by atoms with Crippen LogP contribution in [0.25, 0.3) is 0 Å². The van der Waals surface area contributed by atoms with Crippen LogP contribution in [0.4, 0.5) is 10.5 Å². The van der Waals surface area contributed by atoms with Gasteiger partial charge in [-0.2, -0.15) is 0 Å². The van der Waals surface area contributed by atoms with Gasteiger partial charge in [-0.15, -0.1) is 0 Å². The predicted molar refractivity (Wildman–Crippen MR) is 119 cm³/mol. The van der Waals surface area contributed by atoms with Gasteiger partial charge in [0.2, 0.25) is 0 Å². The second-order valence-electron chi connectivity index (χ2n) is 10.9. The summed E-state index contributed by atoms with van der Waals surface area (Å²) in [6.45, 7) is 15.5. The van der Waals surface area contributed by atoms with Crippen molar-refractivity contribution in [2.45, 2.75) is 90.2 Å². The molecule has 0 radical (unpaired) electrons. The maximum atomic E-state index is 12.5. The van der Waals surface area contributed by atoms with Crippen molar-refractivity contribution in [1.29, 1.82) is 0 Å². The van der Waals surface area contributed by atoms with Crippen LogP contribution >= 0.6 is 0 Å². The highest BCUT2D eigenvalue weighted by Gasteiger charge is 2.51. The van der Waals surface area contributed by atoms with E-state index in [2.05, 4.69) is 56.9 Å². The lowest BCUT2D eigenvalue weighted by Crippen LogP contribution is -2.56. The number of carbonyl (C=O) groups excluding carboxylic acids is 1. The summed E-state index contributed by atoms with van der Waals surface area (Å²) in [6, 6.07) is 9.20. The van der Waals surface area contributed by atoms with Gasteiger partial charge in [-0.1, -0.05) is 12.1 Å². The van der Waals surface area contributed by atoms with Crippen molar-refractivity contribution >= 4 is 24.4 Å². The van der Waals surface area contributed by atoms with E-state index in [4.69, 9.17) is 14.0 Å². The van der Waals surface area contributed by atoms with Crippen LogP contribution in [-0.4, -0.2) is 60.1 Å². The van der Waals surface area contributed by atoms with Crippen LogP contribution in [0.15, 0.2) is 24.3 Å². The molecule has 3 aliphatic heterocycles. The molecule has 0 saturated carbocycles. The molecular weight excluding hydrogens is 379 g/mol. The largest absolute Gasteiger partial charge is 0.494 e. The van der Waals surface area contributed by atoms with Gasteiger partial charge in [-0.25, -0.2) is 4.79 Å². The summed E-state index contributed by atoms with van der Waals surface area (Å²) in [5.74, 6) is 0. The number of anilines is 1. The molecule has 7 heteroatoms. The molecule has 164 valence electrons. The number of nitrogens with zero attached hydrogens (tertiary/aromatic N) is 2. The zero-order valence-corrected chi connectivity index (χ0v) is 19.4. The predicted octanol–water partition coefficient (Wildman–Crippen LogP) is 3.57. The van der Waals surface area contributed by atoms with Gasteiger partial charge < -0.3 is 23.8 Å². The maximum absolute atomic E-state index is 12.5. The van der Waals surface area contributed by atoms with E-state index in [1.54, 1.807) is 0 Å². The zero-order chi connectivity index (χ0) is 21.9. The minimum atomic E-state index is -0.462. The van der Waals surface area contributed by atoms with E-state index in [1.807, 2.05) is 25.7 Å². The Morgan fingerprint density at radius 3 is 1.97 bits per heavy atom. The summed E-state index contributed by atoms with van der Waals surface area (Å²) < 4.78 is 17.9. The second-order valence-corrected chi connectivity index (χ2v) is 10.9. The van der Waals surface area contributed by atoms with Crippen molar-refractivity contribution in [3.05, 3.63) is 24.3 Å². The average Bonchev–Trinajstić information content (AvgIpc) is 3.01. The number of hydrogen-bond acceptors (Lipinski definition) is 5. The molecule has 0 N–H and O–H groups in total. The first-order valence-electron chi connectivity index (χ1n) is 11.1. The highest BCUT2D eigenvalue weighted by Crippen LogP contribution is 2.38. The van der Waals surface area contributed by atoms with E-state index in [1.165, 1.54) is 5.69 Å². The van der Waals surface area contributed by atoms with Gasteiger partial charge in [0.1, 0.15) is 5.60 Å². The molecule has 1 amide bonds. The highest BCUT2D eigenvalue weighted by atomic mass is 16.7. The maximum Gasteiger partial charge on any atom is 0.494 e. The lowest BCUT2D eigenvalue weighted by atomic mass is 9.79. The third-order valence-electron chi connectivity index (χ3n) is 6.85. The zero-order valence-electron chi connectivity index (χ0n) is 19.4. The number of likely N-dealkylation sites (tertiary alicyclic amines) is 1. The quantitative estimate of drug-likeness (QED) is 0.693. The summed E-state index contributed by atoms with van der Waals surface area (Å²) in [5.41, 5.74) is 1.10. The van der Waals surface area contributed by atoms with E-state index in [9.17, 15) is 4.79 Å². The van der Waals surface area contributed by atoms with Crippen molar-refractivity contribution in [1.82, 2.24) is 4.90 Å². The summed E-state index contributed by atoms with van der Waals surface area (Å²) >= 11 is 0. The standard InChI is InChI=1S/C23H35BN2O4/c1-21(2,3)28-20(27)25-14-18-12-13-19(15-25)26(18)17-10-8-16(9-11-17)24-29-22(4,5)23(6,7)30-24/h8-11,18-19H,12-15H2,1-7H3/t18-,19+. The Bertz CT molecular complexity index is 772. The molecule has 0 spiro atoms. The Morgan fingerprint density at radius 1 is 1.00 bits per heavy atom. The van der Waals surface area contributed by atoms with E-state index < -0.39 is 5.60 Å². The van der Waals surface area contributed by atoms with Crippen LogP contribution in [0, 0.1) is 0 Å². The molecule has 1 aromatic carbocycles. The number of carbonyl (C=O) groups is 1. The van der Waals surface area contributed by atoms with E-state index in [0.29, 0.717) is 25.2 Å². The molecule has 3 fully saturated rings. The van der Waals surface area contributed by atoms with Crippen LogP contribution in [-0.2, 0) is 14.0 Å². The average molecular weight is 414 g/mol. The molecular formula is C23H35BN2O4. The summed E-state index contributed by atoms with van der Waals surface area (Å²) in [7, 11) is -0.343. The summed E-state index contributed by atoms with van der Waals surface area (Å²) in [6.07, 6.45) is 2.00. The fraction of sp³-hybridized carbons (Fsp3) is 0.696. The molecule has 3 saturated heterocycles. The summed E-state index contributed by atoms with van der Waals surface area (Å²) in [5, 5.41) is 0. The van der Waals surface area contributed by atoms with Gasteiger partial charge in [0.25, 0.3) is 0 Å². The smallest absolute Gasteiger partial charge is 0.444 e. The monoisotopic (exact) mass is 414 g/mol. The topological polar surface area (TPSA) is 51.2 Å². The number of benzene rings is 1. The molecule has 0 unspecified atom stereocenters. The Balaban J connectivity index is 1.44. The molecule has 1 aromatic rings. The van der Waals surface area contributed by atoms with Crippen LogP contribution < -0.4 is 10.4 Å². The lowest BCUT2D eigenvalue weighted by molar-refractivity contribution is 0.00578. The minimum Gasteiger partial charge on any atom is -0.444 e. The number of amides is 1. The number of ether oxygens (including phenoxy) is 1. The van der Waals surface area contributed by atoms with E-state index in [0.717, 1.165) is 18.3 Å². The van der Waals surface area contributed by atoms with Gasteiger partial charge in [-0.3, -0.25) is 0 Å². The molecule has 0 aliphatic carbocycles. The van der Waals surface area contributed by atoms with Crippen LogP contribution in [0.1, 0.15) is 61.3 Å². The van der Waals surface area contributed by atoms with Crippen LogP contribution in [0.3, 0.4) is 0 Å². The fourth-order valence-corrected chi connectivity index (χ4v) is 4.58. The van der Waals surface area contributed by atoms with Gasteiger partial charge in [0.05, 0.1) is 11.2 Å². The first kappa shape index (κ1) is 21.5. The molecule has 3 aliphatic rings. The molecule has 4 rings (SSSR count). The third kappa shape index (κ3) is 3.94. The second kappa shape index (κ2) is 7.16. The Kier molecular flexibility index (Phi) is 5.13. The van der Waals surface area contributed by atoms with Gasteiger partial charge >= 0.3 is 13.2 Å². The van der Waals surface area contributed by atoms with Crippen molar-refractivity contribution in [2.24, 2.45) is 0 Å². The van der Waals surface area contributed by atoms with Crippen LogP contribution in [0.2, 0.25) is 0 Å². The lowest BCUT2D eigenvalue weighted by Gasteiger charge is -2.42. The fourth-order valence-electron chi connectivity index (χ4n) is 4.58. The normalized spacial score (nSPS) is 27.5. The van der Waals surface area contributed by atoms with Crippen LogP contribution in [0.5, 0.6) is 0 Å². The Morgan fingerprint density at radius 2 is 1.50 bits per heavy atom. The minimum absolute atomic E-state index is 0.199. The number of rotatable bonds is 2. The van der Waals surface area contributed by atoms with Gasteiger partial charge in [0, 0.05) is 30.9 Å². The molecule has 2 atom stereocenters. The van der Waals surface area contributed by atoms with E-state index in [-0.39, 0.29) is 24.4 Å². The van der Waals surface area contributed by atoms with Gasteiger partial charge in [0.15, 0.2) is 0 Å². The highest BCUT2D eigenvalue weighted by molar-refractivity contribution is 6.62. The Labute approximate surface area is 181 Å². The van der Waals surface area contributed by atoms with Crippen molar-refractivity contribution < 1.29 is 18.8 Å². The number of fused-ring (bicyclic) bond motifs is 2.